The molecule has 0 fully saturated rings. The summed E-state index contributed by atoms with van der Waals surface area (Å²) in [5.74, 6) is -3.52. The van der Waals surface area contributed by atoms with Crippen molar-refractivity contribution in [3.8, 4) is 0 Å². The smallest absolute Gasteiger partial charge is 0.277 e. The summed E-state index contributed by atoms with van der Waals surface area (Å²) in [7, 11) is 0. The number of carbonyl (C=O) groups is 1. The lowest BCUT2D eigenvalue weighted by Crippen LogP contribution is -2.41. The monoisotopic (exact) mass is 304 g/mol. The molecule has 0 aliphatic heterocycles. The molecule has 0 saturated carbocycles. The van der Waals surface area contributed by atoms with Crippen LogP contribution in [-0.2, 0) is 12.8 Å². The molecule has 3 nitrogen and oxygen atoms in total. The summed E-state index contributed by atoms with van der Waals surface area (Å²) in [6, 6.07) is 5.43. The van der Waals surface area contributed by atoms with Gasteiger partial charge in [0.05, 0.1) is 13.1 Å². The summed E-state index contributed by atoms with van der Waals surface area (Å²) >= 11 is 0. The van der Waals surface area contributed by atoms with Gasteiger partial charge in [-0.25, -0.2) is 8.78 Å². The third kappa shape index (κ3) is 4.15. The highest BCUT2D eigenvalue weighted by Crippen LogP contribution is 2.22. The minimum absolute atomic E-state index is 0. The van der Waals surface area contributed by atoms with Crippen LogP contribution >= 0.6 is 12.4 Å². The fraction of sp³-hybridized carbons (Fsp3) is 0.500. The van der Waals surface area contributed by atoms with E-state index in [1.165, 1.54) is 12.0 Å². The largest absolute Gasteiger partial charge is 0.346 e. The van der Waals surface area contributed by atoms with E-state index in [-0.39, 0.29) is 12.4 Å². The Morgan fingerprint density at radius 3 is 2.55 bits per heavy atom. The van der Waals surface area contributed by atoms with Gasteiger partial charge in [-0.1, -0.05) is 6.07 Å². The van der Waals surface area contributed by atoms with Crippen molar-refractivity contribution in [1.29, 1.82) is 0 Å². The molecule has 1 aliphatic carbocycles. The van der Waals surface area contributed by atoms with Crippen LogP contribution in [0.4, 0.5) is 8.78 Å². The Kier molecular flexibility index (Phi) is 5.89. The van der Waals surface area contributed by atoms with Crippen LogP contribution in [0.25, 0.3) is 0 Å². The SMILES string of the molecule is Cl.NCC(F)(F)CNC(=O)c1ccc2c(c1)CCCC2. The van der Waals surface area contributed by atoms with Crippen LogP contribution in [0.5, 0.6) is 0 Å². The molecule has 0 unspecified atom stereocenters. The molecular weight excluding hydrogens is 286 g/mol. The van der Waals surface area contributed by atoms with Crippen LogP contribution < -0.4 is 11.1 Å². The molecule has 0 radical (unpaired) electrons. The average Bonchev–Trinajstić information content (AvgIpc) is 2.44. The van der Waals surface area contributed by atoms with Crippen molar-refractivity contribution in [1.82, 2.24) is 5.32 Å². The fourth-order valence-electron chi connectivity index (χ4n) is 2.26. The number of benzene rings is 1. The summed E-state index contributed by atoms with van der Waals surface area (Å²) < 4.78 is 25.9. The zero-order valence-corrected chi connectivity index (χ0v) is 11.9. The maximum atomic E-state index is 13.0. The van der Waals surface area contributed by atoms with Gasteiger partial charge in [0.1, 0.15) is 0 Å². The molecule has 1 amide bonds. The van der Waals surface area contributed by atoms with Crippen LogP contribution in [0.2, 0.25) is 0 Å². The first kappa shape index (κ1) is 16.9. The molecule has 20 heavy (non-hydrogen) atoms. The first-order valence-electron chi connectivity index (χ1n) is 6.50. The quantitative estimate of drug-likeness (QED) is 0.897. The number of nitrogens with two attached hydrogens (primary N) is 1. The molecule has 112 valence electrons. The number of hydrogen-bond donors (Lipinski definition) is 2. The number of rotatable bonds is 4. The molecule has 0 spiro atoms. The van der Waals surface area contributed by atoms with E-state index in [1.54, 1.807) is 6.07 Å². The van der Waals surface area contributed by atoms with Gasteiger partial charge < -0.3 is 11.1 Å². The topological polar surface area (TPSA) is 55.1 Å². The highest BCUT2D eigenvalue weighted by molar-refractivity contribution is 5.94. The van der Waals surface area contributed by atoms with Crippen LogP contribution in [-0.4, -0.2) is 24.9 Å². The Bertz CT molecular complexity index is 480. The minimum Gasteiger partial charge on any atom is -0.346 e. The lowest BCUT2D eigenvalue weighted by Gasteiger charge is -2.17. The first-order valence-corrected chi connectivity index (χ1v) is 6.50. The number of alkyl halides is 2. The third-order valence-corrected chi connectivity index (χ3v) is 3.42. The van der Waals surface area contributed by atoms with Crippen molar-refractivity contribution in [2.24, 2.45) is 5.73 Å². The maximum absolute atomic E-state index is 13.0. The lowest BCUT2D eigenvalue weighted by molar-refractivity contribution is 0.0118. The van der Waals surface area contributed by atoms with Crippen LogP contribution in [0, 0.1) is 0 Å². The summed E-state index contributed by atoms with van der Waals surface area (Å²) in [4.78, 5) is 11.8. The Morgan fingerprint density at radius 1 is 1.25 bits per heavy atom. The number of fused-ring (bicyclic) bond motifs is 1. The summed E-state index contributed by atoms with van der Waals surface area (Å²) in [6.07, 6.45) is 4.27. The number of nitrogens with one attached hydrogen (secondary N) is 1. The van der Waals surface area contributed by atoms with Gasteiger partial charge in [0.2, 0.25) is 0 Å². The minimum atomic E-state index is -3.05. The standard InChI is InChI=1S/C14H18F2N2O.ClH/c15-14(16,8-17)9-18-13(19)12-6-5-10-3-1-2-4-11(10)7-12;/h5-7H,1-4,8-9,17H2,(H,18,19);1H. The molecule has 0 saturated heterocycles. The molecule has 0 heterocycles. The van der Waals surface area contributed by atoms with Gasteiger partial charge in [-0.15, -0.1) is 12.4 Å². The fourth-order valence-corrected chi connectivity index (χ4v) is 2.26. The highest BCUT2D eigenvalue weighted by Gasteiger charge is 2.27. The van der Waals surface area contributed by atoms with E-state index in [0.29, 0.717) is 5.56 Å². The third-order valence-electron chi connectivity index (χ3n) is 3.42. The Labute approximate surface area is 123 Å². The molecule has 1 aromatic rings. The molecule has 1 aliphatic rings. The van der Waals surface area contributed by atoms with Crippen molar-refractivity contribution in [3.63, 3.8) is 0 Å². The lowest BCUT2D eigenvalue weighted by atomic mass is 9.90. The predicted molar refractivity (Wildman–Crippen MR) is 76.7 cm³/mol. The van der Waals surface area contributed by atoms with Crippen LogP contribution in [0.15, 0.2) is 18.2 Å². The number of aryl methyl sites for hydroxylation is 2. The second-order valence-corrected chi connectivity index (χ2v) is 4.93. The van der Waals surface area contributed by atoms with Crippen molar-refractivity contribution in [3.05, 3.63) is 34.9 Å². The van der Waals surface area contributed by atoms with Gasteiger partial charge >= 0.3 is 0 Å². The van der Waals surface area contributed by atoms with Gasteiger partial charge in [-0.3, -0.25) is 4.79 Å². The van der Waals surface area contributed by atoms with Crippen LogP contribution in [0.1, 0.15) is 34.3 Å². The first-order chi connectivity index (χ1) is 9.02. The Morgan fingerprint density at radius 2 is 1.90 bits per heavy atom. The average molecular weight is 305 g/mol. The molecule has 3 N–H and O–H groups in total. The molecule has 6 heteroatoms. The molecule has 0 aromatic heterocycles. The van der Waals surface area contributed by atoms with E-state index < -0.39 is 24.9 Å². The number of amides is 1. The van der Waals surface area contributed by atoms with E-state index in [9.17, 15) is 13.6 Å². The van der Waals surface area contributed by atoms with Crippen LogP contribution in [0.3, 0.4) is 0 Å². The van der Waals surface area contributed by atoms with Gasteiger partial charge in [0, 0.05) is 5.56 Å². The molecule has 0 atom stereocenters. The molecular formula is C14H19ClF2N2O. The van der Waals surface area contributed by atoms with Crippen molar-refractivity contribution < 1.29 is 13.6 Å². The van der Waals surface area contributed by atoms with E-state index in [4.69, 9.17) is 5.73 Å². The second-order valence-electron chi connectivity index (χ2n) is 4.93. The zero-order valence-electron chi connectivity index (χ0n) is 11.1. The summed E-state index contributed by atoms with van der Waals surface area (Å²) in [6.45, 7) is -1.49. The second kappa shape index (κ2) is 6.99. The van der Waals surface area contributed by atoms with Gasteiger partial charge in [-0.2, -0.15) is 0 Å². The van der Waals surface area contributed by atoms with Gasteiger partial charge in [0.25, 0.3) is 11.8 Å². The maximum Gasteiger partial charge on any atom is 0.277 e. The van der Waals surface area contributed by atoms with Crippen molar-refractivity contribution in [2.45, 2.75) is 31.6 Å². The normalized spacial score (nSPS) is 14.2. The van der Waals surface area contributed by atoms with E-state index in [1.807, 2.05) is 12.1 Å². The van der Waals surface area contributed by atoms with Gasteiger partial charge in [-0.05, 0) is 48.9 Å². The Hall–Kier alpha value is -1.20. The van der Waals surface area contributed by atoms with Crippen molar-refractivity contribution in [2.75, 3.05) is 13.1 Å². The summed E-state index contributed by atoms with van der Waals surface area (Å²) in [5.41, 5.74) is 7.78. The number of hydrogen-bond acceptors (Lipinski definition) is 2. The highest BCUT2D eigenvalue weighted by atomic mass is 35.5. The van der Waals surface area contributed by atoms with E-state index >= 15 is 0 Å². The predicted octanol–water partition coefficient (Wildman–Crippen LogP) is 2.31. The van der Waals surface area contributed by atoms with Gasteiger partial charge in [0.15, 0.2) is 0 Å². The number of halogens is 3. The molecule has 2 rings (SSSR count). The molecule has 1 aromatic carbocycles. The zero-order chi connectivity index (χ0) is 13.9. The Balaban J connectivity index is 0.00000200. The van der Waals surface area contributed by atoms with E-state index in [0.717, 1.165) is 24.8 Å². The number of carbonyl (C=O) groups excluding carboxylic acids is 1. The van der Waals surface area contributed by atoms with Crippen molar-refractivity contribution >= 4 is 18.3 Å². The van der Waals surface area contributed by atoms with E-state index in [2.05, 4.69) is 5.32 Å². The summed E-state index contributed by atoms with van der Waals surface area (Å²) in [5, 5.41) is 2.23. The molecule has 0 bridgehead atoms.